The van der Waals surface area contributed by atoms with E-state index in [9.17, 15) is 0 Å². The highest BCUT2D eigenvalue weighted by atomic mass is 15.1. The van der Waals surface area contributed by atoms with E-state index >= 15 is 0 Å². The molecular weight excluding hydrogens is 334 g/mol. The van der Waals surface area contributed by atoms with E-state index in [4.69, 9.17) is 9.97 Å². The summed E-state index contributed by atoms with van der Waals surface area (Å²) < 4.78 is 2.12. The van der Waals surface area contributed by atoms with Gasteiger partial charge in [-0.1, -0.05) is 36.8 Å². The third kappa shape index (κ3) is 3.28. The molecule has 1 aromatic carbocycles. The second-order valence-corrected chi connectivity index (χ2v) is 6.59. The third-order valence-corrected chi connectivity index (χ3v) is 4.66. The van der Waals surface area contributed by atoms with E-state index < -0.39 is 0 Å². The summed E-state index contributed by atoms with van der Waals surface area (Å²) in [5, 5.41) is 3.19. The Labute approximate surface area is 159 Å². The molecule has 0 atom stereocenters. The number of hydrogen-bond donors (Lipinski definition) is 1. The lowest BCUT2D eigenvalue weighted by molar-refractivity contribution is 1.07. The first kappa shape index (κ1) is 17.2. The number of nitrogens with one attached hydrogen (secondary N) is 1. The van der Waals surface area contributed by atoms with E-state index in [1.165, 1.54) is 11.1 Å². The molecule has 0 saturated carbocycles. The SMILES string of the molecule is CCNc1nccc(-c2c(-c3ccc(C)cc3)nc3cc(CC)ccn23)n1. The Morgan fingerprint density at radius 2 is 1.81 bits per heavy atom. The fourth-order valence-electron chi connectivity index (χ4n) is 3.20. The van der Waals surface area contributed by atoms with Gasteiger partial charge in [-0.05, 0) is 44.0 Å². The molecule has 0 aliphatic heterocycles. The van der Waals surface area contributed by atoms with E-state index in [-0.39, 0.29) is 0 Å². The van der Waals surface area contributed by atoms with Gasteiger partial charge in [-0.2, -0.15) is 0 Å². The summed E-state index contributed by atoms with van der Waals surface area (Å²) in [4.78, 5) is 14.0. The molecule has 0 bridgehead atoms. The highest BCUT2D eigenvalue weighted by molar-refractivity contribution is 5.80. The lowest BCUT2D eigenvalue weighted by Crippen LogP contribution is -2.03. The van der Waals surface area contributed by atoms with E-state index in [1.54, 1.807) is 6.20 Å². The minimum absolute atomic E-state index is 0.630. The van der Waals surface area contributed by atoms with Crippen LogP contribution < -0.4 is 5.32 Å². The number of aryl methyl sites for hydroxylation is 2. The lowest BCUT2D eigenvalue weighted by atomic mass is 10.1. The zero-order valence-corrected chi connectivity index (χ0v) is 15.9. The summed E-state index contributed by atoms with van der Waals surface area (Å²) in [6, 6.07) is 14.7. The number of rotatable bonds is 5. The van der Waals surface area contributed by atoms with Gasteiger partial charge < -0.3 is 5.32 Å². The van der Waals surface area contributed by atoms with Crippen LogP contribution in [0.2, 0.25) is 0 Å². The molecule has 0 fully saturated rings. The Morgan fingerprint density at radius 3 is 2.56 bits per heavy atom. The van der Waals surface area contributed by atoms with E-state index in [1.807, 2.05) is 13.0 Å². The van der Waals surface area contributed by atoms with E-state index in [2.05, 4.69) is 71.1 Å². The molecule has 0 saturated heterocycles. The zero-order valence-electron chi connectivity index (χ0n) is 15.9. The van der Waals surface area contributed by atoms with Crippen molar-refractivity contribution >= 4 is 11.6 Å². The molecule has 27 heavy (non-hydrogen) atoms. The van der Waals surface area contributed by atoms with Crippen LogP contribution in [0.1, 0.15) is 25.0 Å². The average Bonchev–Trinajstić information content (AvgIpc) is 3.07. The molecule has 4 aromatic rings. The second-order valence-electron chi connectivity index (χ2n) is 6.59. The Morgan fingerprint density at radius 1 is 1.00 bits per heavy atom. The van der Waals surface area contributed by atoms with Crippen LogP contribution in [0.25, 0.3) is 28.3 Å². The predicted molar refractivity (Wildman–Crippen MR) is 110 cm³/mol. The number of benzene rings is 1. The van der Waals surface area contributed by atoms with Crippen LogP contribution in [-0.4, -0.2) is 25.9 Å². The van der Waals surface area contributed by atoms with Gasteiger partial charge in [0.25, 0.3) is 0 Å². The summed E-state index contributed by atoms with van der Waals surface area (Å²) in [6.45, 7) is 7.06. The molecule has 0 amide bonds. The maximum Gasteiger partial charge on any atom is 0.223 e. The summed E-state index contributed by atoms with van der Waals surface area (Å²) in [6.07, 6.45) is 4.86. The number of aromatic nitrogens is 4. The van der Waals surface area contributed by atoms with Crippen LogP contribution in [0.5, 0.6) is 0 Å². The molecule has 0 aliphatic rings. The minimum atomic E-state index is 0.630. The van der Waals surface area contributed by atoms with Crippen molar-refractivity contribution in [2.75, 3.05) is 11.9 Å². The van der Waals surface area contributed by atoms with Gasteiger partial charge >= 0.3 is 0 Å². The van der Waals surface area contributed by atoms with E-state index in [0.717, 1.165) is 41.3 Å². The molecule has 4 rings (SSSR count). The Bertz CT molecular complexity index is 1080. The van der Waals surface area contributed by atoms with E-state index in [0.29, 0.717) is 5.95 Å². The standard InChI is InChI=1S/C22H23N5/c1-4-16-11-13-27-19(14-16)26-20(17-8-6-15(3)7-9-17)21(27)18-10-12-24-22(25-18)23-5-2/h6-14H,4-5H2,1-3H3,(H,23,24,25). The maximum atomic E-state index is 4.96. The van der Waals surface area contributed by atoms with Gasteiger partial charge in [0, 0.05) is 24.5 Å². The third-order valence-electron chi connectivity index (χ3n) is 4.66. The van der Waals surface area contributed by atoms with Crippen molar-refractivity contribution in [1.82, 2.24) is 19.4 Å². The molecule has 3 aromatic heterocycles. The molecule has 5 heteroatoms. The van der Waals surface area contributed by atoms with Crippen molar-refractivity contribution in [3.8, 4) is 22.6 Å². The number of hydrogen-bond acceptors (Lipinski definition) is 4. The topological polar surface area (TPSA) is 55.1 Å². The van der Waals surface area contributed by atoms with Gasteiger partial charge in [-0.3, -0.25) is 4.40 Å². The first-order valence-electron chi connectivity index (χ1n) is 9.35. The largest absolute Gasteiger partial charge is 0.354 e. The molecular formula is C22H23N5. The molecule has 0 spiro atoms. The molecule has 5 nitrogen and oxygen atoms in total. The molecule has 3 heterocycles. The number of pyridine rings is 1. The number of imidazole rings is 1. The maximum absolute atomic E-state index is 4.96. The predicted octanol–water partition coefficient (Wildman–Crippen LogP) is 4.76. The lowest BCUT2D eigenvalue weighted by Gasteiger charge is -2.08. The van der Waals surface area contributed by atoms with Crippen LogP contribution in [-0.2, 0) is 6.42 Å². The second kappa shape index (κ2) is 7.19. The van der Waals surface area contributed by atoms with Crippen LogP contribution >= 0.6 is 0 Å². The van der Waals surface area contributed by atoms with Gasteiger partial charge in [0.15, 0.2) is 0 Å². The minimum Gasteiger partial charge on any atom is -0.354 e. The number of anilines is 1. The first-order valence-corrected chi connectivity index (χ1v) is 9.35. The van der Waals surface area contributed by atoms with Gasteiger partial charge in [-0.25, -0.2) is 15.0 Å². The monoisotopic (exact) mass is 357 g/mol. The van der Waals surface area contributed by atoms with Crippen LogP contribution in [0.3, 0.4) is 0 Å². The molecule has 0 unspecified atom stereocenters. The van der Waals surface area contributed by atoms with Gasteiger partial charge in [0.2, 0.25) is 5.95 Å². The quantitative estimate of drug-likeness (QED) is 0.559. The van der Waals surface area contributed by atoms with Crippen LogP contribution in [0.4, 0.5) is 5.95 Å². The van der Waals surface area contributed by atoms with Crippen molar-refractivity contribution in [2.24, 2.45) is 0 Å². The number of fused-ring (bicyclic) bond motifs is 1. The van der Waals surface area contributed by atoms with Crippen LogP contribution in [0, 0.1) is 6.92 Å². The molecule has 1 N–H and O–H groups in total. The molecule has 0 aliphatic carbocycles. The summed E-state index contributed by atoms with van der Waals surface area (Å²) in [5.74, 6) is 0.630. The summed E-state index contributed by atoms with van der Waals surface area (Å²) in [7, 11) is 0. The molecule has 136 valence electrons. The van der Waals surface area contributed by atoms with Gasteiger partial charge in [0.1, 0.15) is 5.65 Å². The normalized spacial score (nSPS) is 11.1. The number of nitrogens with zero attached hydrogens (tertiary/aromatic N) is 4. The van der Waals surface area contributed by atoms with Crippen molar-refractivity contribution in [3.05, 3.63) is 66.0 Å². The smallest absolute Gasteiger partial charge is 0.223 e. The van der Waals surface area contributed by atoms with Crippen molar-refractivity contribution in [2.45, 2.75) is 27.2 Å². The zero-order chi connectivity index (χ0) is 18.8. The molecule has 0 radical (unpaired) electrons. The fraction of sp³-hybridized carbons (Fsp3) is 0.227. The Hall–Kier alpha value is -3.21. The van der Waals surface area contributed by atoms with Crippen LogP contribution in [0.15, 0.2) is 54.9 Å². The van der Waals surface area contributed by atoms with Gasteiger partial charge in [0.05, 0.1) is 17.1 Å². The highest BCUT2D eigenvalue weighted by Crippen LogP contribution is 2.32. The highest BCUT2D eigenvalue weighted by Gasteiger charge is 2.17. The van der Waals surface area contributed by atoms with Crippen molar-refractivity contribution in [3.63, 3.8) is 0 Å². The van der Waals surface area contributed by atoms with Crippen molar-refractivity contribution in [1.29, 1.82) is 0 Å². The first-order chi connectivity index (χ1) is 13.2. The van der Waals surface area contributed by atoms with Gasteiger partial charge in [-0.15, -0.1) is 0 Å². The fourth-order valence-corrected chi connectivity index (χ4v) is 3.20. The Balaban J connectivity index is 1.97. The summed E-state index contributed by atoms with van der Waals surface area (Å²) in [5.41, 5.74) is 7.29. The summed E-state index contributed by atoms with van der Waals surface area (Å²) >= 11 is 0. The average molecular weight is 357 g/mol. The van der Waals surface area contributed by atoms with Crippen molar-refractivity contribution < 1.29 is 0 Å². The Kier molecular flexibility index (Phi) is 4.59.